The Hall–Kier alpha value is -3.78. The van der Waals surface area contributed by atoms with Crippen molar-refractivity contribution in [2.24, 2.45) is 5.92 Å². The molecule has 1 saturated heterocycles. The number of nitrogens with one attached hydrogen (secondary N) is 1. The van der Waals surface area contributed by atoms with E-state index in [2.05, 4.69) is 10.2 Å². The van der Waals surface area contributed by atoms with Gasteiger partial charge in [-0.3, -0.25) is 19.2 Å². The average Bonchev–Trinajstić information content (AvgIpc) is 3.35. The van der Waals surface area contributed by atoms with Crippen molar-refractivity contribution in [1.82, 2.24) is 15.1 Å². The molecule has 3 aromatic rings. The summed E-state index contributed by atoms with van der Waals surface area (Å²) in [6.07, 6.45) is -3.43. The molecule has 3 N–H and O–H groups in total. The maximum atomic E-state index is 13.8. The summed E-state index contributed by atoms with van der Waals surface area (Å²) in [5.74, 6) is -5.74. The first-order chi connectivity index (χ1) is 18.3. The topological polar surface area (TPSA) is 141 Å². The summed E-state index contributed by atoms with van der Waals surface area (Å²) < 4.78 is 88.8. The van der Waals surface area contributed by atoms with Gasteiger partial charge in [-0.2, -0.15) is 26.7 Å². The maximum Gasteiger partial charge on any atom is 0.416 e. The molecule has 1 fully saturated rings. The second-order valence-electron chi connectivity index (χ2n) is 9.23. The van der Waals surface area contributed by atoms with Gasteiger partial charge >= 0.3 is 6.18 Å². The Bertz CT molecular complexity index is 1530. The van der Waals surface area contributed by atoms with Gasteiger partial charge in [-0.05, 0) is 42.2 Å². The summed E-state index contributed by atoms with van der Waals surface area (Å²) >= 11 is 0. The molecule has 208 valence electrons. The van der Waals surface area contributed by atoms with E-state index in [1.807, 2.05) is 0 Å². The van der Waals surface area contributed by atoms with Crippen molar-refractivity contribution >= 4 is 16.0 Å². The number of rotatable bonds is 7. The Morgan fingerprint density at radius 1 is 1.15 bits per heavy atom. The molecule has 1 aromatic heterocycles. The van der Waals surface area contributed by atoms with E-state index in [1.165, 1.54) is 23.1 Å². The number of carbonyl (C=O) groups excluding carboxylic acids is 1. The Morgan fingerprint density at radius 2 is 1.85 bits per heavy atom. The number of nitrogens with zero attached hydrogens (tertiary/aromatic N) is 2. The number of hydrogen-bond acceptors (Lipinski definition) is 6. The predicted molar refractivity (Wildman–Crippen MR) is 130 cm³/mol. The van der Waals surface area contributed by atoms with Gasteiger partial charge in [-0.15, -0.1) is 0 Å². The molecule has 3 atom stereocenters. The SMILES string of the molecule is O=C(c1[nH]ncc(=O)c1O)N1CCC[C@@H]1[C@H](CS(=O)(=O)O)[C@@H](c1ccc(F)cc1)c1cccc(C(F)(F)F)c1. The van der Waals surface area contributed by atoms with Crippen LogP contribution in [0.4, 0.5) is 17.6 Å². The van der Waals surface area contributed by atoms with Crippen molar-refractivity contribution in [2.75, 3.05) is 12.3 Å². The Balaban J connectivity index is 1.88. The van der Waals surface area contributed by atoms with Crippen molar-refractivity contribution in [1.29, 1.82) is 0 Å². The summed E-state index contributed by atoms with van der Waals surface area (Å²) in [5, 5.41) is 15.9. The number of aromatic hydroxyl groups is 1. The van der Waals surface area contributed by atoms with Gasteiger partial charge in [0.05, 0.1) is 17.5 Å². The first kappa shape index (κ1) is 28.2. The molecule has 1 aliphatic heterocycles. The van der Waals surface area contributed by atoms with E-state index >= 15 is 0 Å². The lowest BCUT2D eigenvalue weighted by molar-refractivity contribution is -0.137. The van der Waals surface area contributed by atoms with Crippen LogP contribution in [0.1, 0.15) is 45.9 Å². The van der Waals surface area contributed by atoms with Crippen LogP contribution in [-0.4, -0.2) is 57.4 Å². The minimum atomic E-state index is -4.75. The van der Waals surface area contributed by atoms with Crippen molar-refractivity contribution in [2.45, 2.75) is 31.0 Å². The molecule has 0 radical (unpaired) electrons. The van der Waals surface area contributed by atoms with Crippen LogP contribution in [0.5, 0.6) is 5.75 Å². The lowest BCUT2D eigenvalue weighted by atomic mass is 9.76. The predicted octanol–water partition coefficient (Wildman–Crippen LogP) is 3.57. The Kier molecular flexibility index (Phi) is 7.80. The van der Waals surface area contributed by atoms with Crippen molar-refractivity contribution < 1.29 is 40.4 Å². The molecular formula is C25H23F4N3O6S. The average molecular weight is 570 g/mol. The fraction of sp³-hybridized carbons (Fsp3) is 0.320. The molecule has 2 heterocycles. The zero-order valence-electron chi connectivity index (χ0n) is 20.1. The number of benzene rings is 2. The van der Waals surface area contributed by atoms with Crippen LogP contribution < -0.4 is 5.43 Å². The van der Waals surface area contributed by atoms with Crippen LogP contribution in [-0.2, 0) is 16.3 Å². The van der Waals surface area contributed by atoms with E-state index in [9.17, 15) is 45.2 Å². The molecule has 9 nitrogen and oxygen atoms in total. The lowest BCUT2D eigenvalue weighted by Crippen LogP contribution is -2.45. The second-order valence-corrected chi connectivity index (χ2v) is 10.7. The minimum absolute atomic E-state index is 0.0296. The van der Waals surface area contributed by atoms with Crippen LogP contribution in [0.15, 0.2) is 59.5 Å². The van der Waals surface area contributed by atoms with Gasteiger partial charge in [0.15, 0.2) is 11.4 Å². The van der Waals surface area contributed by atoms with Gasteiger partial charge in [-0.25, -0.2) is 4.39 Å². The van der Waals surface area contributed by atoms with E-state index in [-0.39, 0.29) is 24.1 Å². The molecule has 1 amide bonds. The molecule has 0 aliphatic carbocycles. The van der Waals surface area contributed by atoms with Gasteiger partial charge in [-0.1, -0.05) is 30.3 Å². The van der Waals surface area contributed by atoms with E-state index in [4.69, 9.17) is 0 Å². The second kappa shape index (κ2) is 10.8. The first-order valence-electron chi connectivity index (χ1n) is 11.7. The van der Waals surface area contributed by atoms with Crippen LogP contribution in [0.25, 0.3) is 0 Å². The molecule has 2 aromatic carbocycles. The molecule has 4 rings (SSSR count). The summed E-state index contributed by atoms with van der Waals surface area (Å²) in [5.41, 5.74) is -2.20. The zero-order chi connectivity index (χ0) is 28.5. The number of amides is 1. The van der Waals surface area contributed by atoms with Gasteiger partial charge in [0.2, 0.25) is 5.43 Å². The van der Waals surface area contributed by atoms with Crippen molar-refractivity contribution in [3.63, 3.8) is 0 Å². The number of hydrogen-bond donors (Lipinski definition) is 3. The Morgan fingerprint density at radius 3 is 2.49 bits per heavy atom. The molecule has 0 bridgehead atoms. The molecule has 14 heteroatoms. The molecule has 1 aliphatic rings. The summed E-state index contributed by atoms with van der Waals surface area (Å²) in [6.45, 7) is 0.0561. The fourth-order valence-electron chi connectivity index (χ4n) is 5.11. The molecule has 0 unspecified atom stereocenters. The van der Waals surface area contributed by atoms with Crippen molar-refractivity contribution in [3.05, 3.63) is 93.2 Å². The third-order valence-corrected chi connectivity index (χ3v) is 7.54. The number of carbonyl (C=O) groups is 1. The standard InChI is InChI=1S/C25H23F4N3O6S/c26-17-8-6-14(7-9-17)21(15-3-1-4-16(11-15)25(27,28)29)18(13-39(36,37)38)19-5-2-10-32(19)24(35)22-23(34)20(33)12-30-31-22/h1,3-4,6-9,11-12,18-19,21H,2,5,10,13H2,(H,30,34)(H,31,33)(H,36,37,38)/t18-,19+,21-/m0/s1. The maximum absolute atomic E-state index is 13.8. The number of aromatic nitrogens is 2. The van der Waals surface area contributed by atoms with Crippen LogP contribution >= 0.6 is 0 Å². The minimum Gasteiger partial charge on any atom is -0.502 e. The van der Waals surface area contributed by atoms with Gasteiger partial charge in [0.1, 0.15) is 5.82 Å². The molecular weight excluding hydrogens is 546 g/mol. The van der Waals surface area contributed by atoms with E-state index in [0.29, 0.717) is 6.42 Å². The number of halogens is 4. The summed E-state index contributed by atoms with van der Waals surface area (Å²) in [4.78, 5) is 26.4. The quantitative estimate of drug-likeness (QED) is 0.292. The third kappa shape index (κ3) is 6.28. The van der Waals surface area contributed by atoms with Gasteiger partial charge in [0, 0.05) is 24.4 Å². The number of aromatic amines is 1. The molecule has 0 spiro atoms. The van der Waals surface area contributed by atoms with Crippen LogP contribution in [0.3, 0.4) is 0 Å². The fourth-order valence-corrected chi connectivity index (χ4v) is 6.01. The largest absolute Gasteiger partial charge is 0.502 e. The highest BCUT2D eigenvalue weighted by molar-refractivity contribution is 7.85. The van der Waals surface area contributed by atoms with Crippen molar-refractivity contribution in [3.8, 4) is 5.75 Å². The highest BCUT2D eigenvalue weighted by atomic mass is 32.2. The van der Waals surface area contributed by atoms with Crippen LogP contribution in [0.2, 0.25) is 0 Å². The normalized spacial score (nSPS) is 17.7. The number of likely N-dealkylation sites (tertiary alicyclic amines) is 1. The summed E-state index contributed by atoms with van der Waals surface area (Å²) in [7, 11) is -4.75. The van der Waals surface area contributed by atoms with E-state index in [0.717, 1.165) is 36.5 Å². The van der Waals surface area contributed by atoms with Crippen LogP contribution in [0, 0.1) is 11.7 Å². The van der Waals surface area contributed by atoms with E-state index in [1.54, 1.807) is 0 Å². The zero-order valence-corrected chi connectivity index (χ0v) is 20.9. The number of H-pyrrole nitrogens is 1. The lowest BCUT2D eigenvalue weighted by Gasteiger charge is -2.37. The monoisotopic (exact) mass is 569 g/mol. The molecule has 0 saturated carbocycles. The smallest absolute Gasteiger partial charge is 0.416 e. The van der Waals surface area contributed by atoms with Gasteiger partial charge < -0.3 is 10.0 Å². The molecule has 39 heavy (non-hydrogen) atoms. The Labute approximate surface area is 219 Å². The van der Waals surface area contributed by atoms with E-state index < -0.39 is 74.1 Å². The first-order valence-corrected chi connectivity index (χ1v) is 13.3. The number of alkyl halides is 3. The van der Waals surface area contributed by atoms with Gasteiger partial charge in [0.25, 0.3) is 16.0 Å². The highest BCUT2D eigenvalue weighted by Gasteiger charge is 2.43. The highest BCUT2D eigenvalue weighted by Crippen LogP contribution is 2.42. The third-order valence-electron chi connectivity index (χ3n) is 6.73. The summed E-state index contributed by atoms with van der Waals surface area (Å²) in [6, 6.07) is 7.93.